The third-order valence-electron chi connectivity index (χ3n) is 3.54. The number of methoxy groups -OCH3 is 1. The van der Waals surface area contributed by atoms with Crippen LogP contribution in [0.4, 0.5) is 5.13 Å². The van der Waals surface area contributed by atoms with Gasteiger partial charge in [0.2, 0.25) is 5.91 Å². The standard InChI is InChI=1S/C13H22N4O2S.ClH/c1-9-10(2)20-13(15-9)17-6-4-16(5-7-17)12(18)11(14)8-19-3;/h11H,4-8,14H2,1-3H3;1H. The van der Waals surface area contributed by atoms with Crippen molar-refractivity contribution in [2.24, 2.45) is 5.73 Å². The van der Waals surface area contributed by atoms with Crippen LogP contribution in [0.25, 0.3) is 0 Å². The predicted molar refractivity (Wildman–Crippen MR) is 87.5 cm³/mol. The number of aryl methyl sites for hydroxylation is 2. The number of rotatable bonds is 4. The molecule has 8 heteroatoms. The summed E-state index contributed by atoms with van der Waals surface area (Å²) in [5.74, 6) is -0.0296. The Morgan fingerprint density at radius 1 is 1.38 bits per heavy atom. The molecule has 1 unspecified atom stereocenters. The van der Waals surface area contributed by atoms with Crippen molar-refractivity contribution in [3.63, 3.8) is 0 Å². The van der Waals surface area contributed by atoms with E-state index in [2.05, 4.69) is 16.8 Å². The Morgan fingerprint density at radius 3 is 2.48 bits per heavy atom. The summed E-state index contributed by atoms with van der Waals surface area (Å²) in [6, 6.07) is -0.559. The fourth-order valence-electron chi connectivity index (χ4n) is 2.19. The Morgan fingerprint density at radius 2 is 2.00 bits per heavy atom. The molecule has 0 saturated carbocycles. The van der Waals surface area contributed by atoms with E-state index in [4.69, 9.17) is 10.5 Å². The molecule has 21 heavy (non-hydrogen) atoms. The van der Waals surface area contributed by atoms with Crippen LogP contribution in [0.1, 0.15) is 10.6 Å². The number of halogens is 1. The van der Waals surface area contributed by atoms with Gasteiger partial charge in [0.05, 0.1) is 12.3 Å². The van der Waals surface area contributed by atoms with Gasteiger partial charge >= 0.3 is 0 Å². The highest BCUT2D eigenvalue weighted by atomic mass is 35.5. The topological polar surface area (TPSA) is 71.7 Å². The van der Waals surface area contributed by atoms with Gasteiger partial charge in [0.15, 0.2) is 5.13 Å². The predicted octanol–water partition coefficient (Wildman–Crippen LogP) is 0.804. The smallest absolute Gasteiger partial charge is 0.241 e. The third-order valence-corrected chi connectivity index (χ3v) is 4.68. The second kappa shape index (κ2) is 7.93. The number of anilines is 1. The summed E-state index contributed by atoms with van der Waals surface area (Å²) in [6.45, 7) is 7.36. The summed E-state index contributed by atoms with van der Waals surface area (Å²) in [7, 11) is 1.55. The molecule has 0 radical (unpaired) electrons. The van der Waals surface area contributed by atoms with Gasteiger partial charge in [-0.2, -0.15) is 0 Å². The molecule has 2 heterocycles. The average Bonchev–Trinajstić information content (AvgIpc) is 2.78. The van der Waals surface area contributed by atoms with Gasteiger partial charge in [-0.25, -0.2) is 4.98 Å². The van der Waals surface area contributed by atoms with E-state index in [9.17, 15) is 4.79 Å². The van der Waals surface area contributed by atoms with Gasteiger partial charge in [-0.1, -0.05) is 0 Å². The van der Waals surface area contributed by atoms with Crippen LogP contribution in [0.2, 0.25) is 0 Å². The molecular weight excluding hydrogens is 312 g/mol. The molecule has 1 saturated heterocycles. The average molecular weight is 335 g/mol. The monoisotopic (exact) mass is 334 g/mol. The van der Waals surface area contributed by atoms with E-state index in [0.717, 1.165) is 23.9 Å². The van der Waals surface area contributed by atoms with Crippen LogP contribution in [-0.2, 0) is 9.53 Å². The lowest BCUT2D eigenvalue weighted by Gasteiger charge is -2.35. The lowest BCUT2D eigenvalue weighted by atomic mass is 10.2. The summed E-state index contributed by atoms with van der Waals surface area (Å²) in [4.78, 5) is 21.9. The number of carbonyl (C=O) groups is 1. The lowest BCUT2D eigenvalue weighted by molar-refractivity contribution is -0.134. The zero-order valence-electron chi connectivity index (χ0n) is 12.7. The highest BCUT2D eigenvalue weighted by Crippen LogP contribution is 2.25. The van der Waals surface area contributed by atoms with Crippen molar-refractivity contribution in [2.75, 3.05) is 44.8 Å². The second-order valence-corrected chi connectivity index (χ2v) is 6.19. The normalized spacial score (nSPS) is 16.6. The van der Waals surface area contributed by atoms with Crippen molar-refractivity contribution in [1.29, 1.82) is 0 Å². The molecule has 2 rings (SSSR count). The van der Waals surface area contributed by atoms with Gasteiger partial charge in [-0.3, -0.25) is 4.79 Å². The van der Waals surface area contributed by atoms with Crippen molar-refractivity contribution in [3.05, 3.63) is 10.6 Å². The minimum absolute atomic E-state index is 0. The summed E-state index contributed by atoms with van der Waals surface area (Å²) in [5.41, 5.74) is 6.88. The molecule has 1 aliphatic rings. The van der Waals surface area contributed by atoms with Crippen LogP contribution >= 0.6 is 23.7 Å². The van der Waals surface area contributed by atoms with Crippen molar-refractivity contribution >= 4 is 34.8 Å². The molecule has 1 aromatic heterocycles. The van der Waals surface area contributed by atoms with Crippen LogP contribution in [-0.4, -0.2) is 61.7 Å². The minimum Gasteiger partial charge on any atom is -0.383 e. The van der Waals surface area contributed by atoms with Crippen LogP contribution in [0.5, 0.6) is 0 Å². The van der Waals surface area contributed by atoms with E-state index in [1.807, 2.05) is 11.8 Å². The largest absolute Gasteiger partial charge is 0.383 e. The van der Waals surface area contributed by atoms with E-state index in [0.29, 0.717) is 13.1 Å². The molecule has 1 atom stereocenters. The van der Waals surface area contributed by atoms with Gasteiger partial charge in [-0.15, -0.1) is 23.7 Å². The Balaban J connectivity index is 0.00000220. The molecule has 0 spiro atoms. The van der Waals surface area contributed by atoms with Crippen molar-refractivity contribution in [3.8, 4) is 0 Å². The maximum Gasteiger partial charge on any atom is 0.241 e. The number of hydrogen-bond acceptors (Lipinski definition) is 6. The van der Waals surface area contributed by atoms with Gasteiger partial charge in [-0.05, 0) is 13.8 Å². The number of nitrogens with two attached hydrogens (primary N) is 1. The SMILES string of the molecule is COCC(N)C(=O)N1CCN(c2nc(C)c(C)s2)CC1.Cl. The molecule has 0 aromatic carbocycles. The molecule has 1 aliphatic heterocycles. The van der Waals surface area contributed by atoms with Crippen molar-refractivity contribution < 1.29 is 9.53 Å². The van der Waals surface area contributed by atoms with Gasteiger partial charge in [0, 0.05) is 38.2 Å². The second-order valence-electron chi connectivity index (χ2n) is 5.01. The van der Waals surface area contributed by atoms with E-state index >= 15 is 0 Å². The fourth-order valence-corrected chi connectivity index (χ4v) is 3.16. The maximum atomic E-state index is 12.1. The Labute approximate surface area is 135 Å². The van der Waals surface area contributed by atoms with Gasteiger partial charge in [0.1, 0.15) is 6.04 Å². The summed E-state index contributed by atoms with van der Waals surface area (Å²) >= 11 is 1.71. The molecule has 6 nitrogen and oxygen atoms in total. The number of thiazole rings is 1. The number of hydrogen-bond donors (Lipinski definition) is 1. The molecule has 1 fully saturated rings. The first-order valence-electron chi connectivity index (χ1n) is 6.75. The van der Waals surface area contributed by atoms with Gasteiger partial charge < -0.3 is 20.3 Å². The van der Waals surface area contributed by atoms with Gasteiger partial charge in [0.25, 0.3) is 0 Å². The summed E-state index contributed by atoms with van der Waals surface area (Å²) in [5, 5.41) is 1.05. The molecule has 120 valence electrons. The minimum atomic E-state index is -0.559. The molecule has 1 amide bonds. The summed E-state index contributed by atoms with van der Waals surface area (Å²) in [6.07, 6.45) is 0. The van der Waals surface area contributed by atoms with E-state index in [1.54, 1.807) is 18.4 Å². The first kappa shape index (κ1) is 18.2. The maximum absolute atomic E-state index is 12.1. The highest BCUT2D eigenvalue weighted by Gasteiger charge is 2.26. The zero-order chi connectivity index (χ0) is 14.7. The Hall–Kier alpha value is -0.890. The number of amides is 1. The first-order chi connectivity index (χ1) is 9.52. The summed E-state index contributed by atoms with van der Waals surface area (Å²) < 4.78 is 4.93. The van der Waals surface area contributed by atoms with Crippen molar-refractivity contribution in [1.82, 2.24) is 9.88 Å². The van der Waals surface area contributed by atoms with E-state index in [1.165, 1.54) is 4.88 Å². The number of ether oxygens (including phenoxy) is 1. The first-order valence-corrected chi connectivity index (χ1v) is 7.57. The molecule has 0 bridgehead atoms. The molecule has 1 aromatic rings. The van der Waals surface area contributed by atoms with Crippen molar-refractivity contribution in [2.45, 2.75) is 19.9 Å². The fraction of sp³-hybridized carbons (Fsp3) is 0.692. The van der Waals surface area contributed by atoms with Crippen LogP contribution in [0, 0.1) is 13.8 Å². The quantitative estimate of drug-likeness (QED) is 0.882. The van der Waals surface area contributed by atoms with Crippen LogP contribution in [0.15, 0.2) is 0 Å². The van der Waals surface area contributed by atoms with Crippen LogP contribution in [0.3, 0.4) is 0 Å². The number of aromatic nitrogens is 1. The number of piperazine rings is 1. The lowest BCUT2D eigenvalue weighted by Crippen LogP contribution is -2.54. The molecule has 0 aliphatic carbocycles. The van der Waals surface area contributed by atoms with E-state index in [-0.39, 0.29) is 24.9 Å². The highest BCUT2D eigenvalue weighted by molar-refractivity contribution is 7.15. The Kier molecular flexibility index (Phi) is 6.86. The number of carbonyl (C=O) groups excluding carboxylic acids is 1. The number of nitrogens with zero attached hydrogens (tertiary/aromatic N) is 3. The van der Waals surface area contributed by atoms with E-state index < -0.39 is 6.04 Å². The van der Waals surface area contributed by atoms with Crippen LogP contribution < -0.4 is 10.6 Å². The Bertz CT molecular complexity index is 455. The molecular formula is C13H23ClN4O2S. The molecule has 2 N–H and O–H groups in total. The zero-order valence-corrected chi connectivity index (χ0v) is 14.3. The third kappa shape index (κ3) is 4.29.